The monoisotopic (exact) mass is 372 g/mol. The van der Waals surface area contributed by atoms with Crippen molar-refractivity contribution in [1.82, 2.24) is 14.9 Å². The maximum Gasteiger partial charge on any atom is 0.213 e. The van der Waals surface area contributed by atoms with Crippen LogP contribution < -0.4 is 0 Å². The van der Waals surface area contributed by atoms with Crippen molar-refractivity contribution in [3.8, 4) is 0 Å². The molecule has 0 saturated carbocycles. The highest BCUT2D eigenvalue weighted by molar-refractivity contribution is 8.18. The summed E-state index contributed by atoms with van der Waals surface area (Å²) in [5.41, 5.74) is 2.12. The molecule has 1 atom stereocenters. The lowest BCUT2D eigenvalue weighted by Gasteiger charge is -2.22. The Hall–Kier alpha value is -1.76. The quantitative estimate of drug-likeness (QED) is 0.667. The smallest absolute Gasteiger partial charge is 0.191 e. The fourth-order valence-corrected chi connectivity index (χ4v) is 4.95. The van der Waals surface area contributed by atoms with Crippen molar-refractivity contribution in [2.75, 3.05) is 0 Å². The van der Waals surface area contributed by atoms with Crippen LogP contribution >= 0.6 is 35.1 Å². The van der Waals surface area contributed by atoms with Crippen LogP contribution in [0.25, 0.3) is 0 Å². The molecular formula is C17H13ClN4S2. The van der Waals surface area contributed by atoms with E-state index in [0.717, 1.165) is 32.2 Å². The number of aryl methyl sites for hydroxylation is 1. The summed E-state index contributed by atoms with van der Waals surface area (Å²) < 4.78 is 1.91. The molecule has 0 fully saturated rings. The third-order valence-corrected chi connectivity index (χ3v) is 6.25. The number of benzene rings is 2. The molecule has 0 aliphatic carbocycles. The summed E-state index contributed by atoms with van der Waals surface area (Å²) in [7, 11) is 0. The minimum absolute atomic E-state index is 0.102. The maximum absolute atomic E-state index is 5.99. The molecule has 4 nitrogen and oxygen atoms in total. The summed E-state index contributed by atoms with van der Waals surface area (Å²) >= 11 is 9.40. The van der Waals surface area contributed by atoms with Crippen molar-refractivity contribution >= 4 is 40.8 Å². The van der Waals surface area contributed by atoms with Gasteiger partial charge in [-0.3, -0.25) is 0 Å². The zero-order valence-corrected chi connectivity index (χ0v) is 15.1. The molecule has 120 valence electrons. The Balaban J connectivity index is 1.73. The minimum atomic E-state index is 0.102. The Morgan fingerprint density at radius 1 is 1.04 bits per heavy atom. The van der Waals surface area contributed by atoms with Gasteiger partial charge in [0.25, 0.3) is 0 Å². The van der Waals surface area contributed by atoms with Crippen LogP contribution in [0.4, 0.5) is 0 Å². The summed E-state index contributed by atoms with van der Waals surface area (Å²) in [6, 6.07) is 18.1. The second-order valence-electron chi connectivity index (χ2n) is 5.21. The molecule has 4 rings (SSSR count). The second-order valence-corrected chi connectivity index (χ2v) is 8.20. The van der Waals surface area contributed by atoms with Gasteiger partial charge in [0.2, 0.25) is 5.16 Å². The molecule has 1 aliphatic heterocycles. The Kier molecular flexibility index (Phi) is 4.35. The van der Waals surface area contributed by atoms with Crippen molar-refractivity contribution in [2.24, 2.45) is 5.10 Å². The van der Waals surface area contributed by atoms with E-state index >= 15 is 0 Å². The molecule has 3 aromatic rings. The number of nitrogens with zero attached hydrogens (tertiary/aromatic N) is 4. The molecule has 2 heterocycles. The predicted molar refractivity (Wildman–Crippen MR) is 100 cm³/mol. The van der Waals surface area contributed by atoms with Crippen LogP contribution in [0.5, 0.6) is 0 Å². The molecule has 0 N–H and O–H groups in total. The van der Waals surface area contributed by atoms with E-state index in [9.17, 15) is 0 Å². The fourth-order valence-electron chi connectivity index (χ4n) is 2.35. The van der Waals surface area contributed by atoms with Crippen LogP contribution in [0, 0.1) is 6.92 Å². The Morgan fingerprint density at radius 2 is 1.79 bits per heavy atom. The number of halogens is 1. The molecule has 1 unspecified atom stereocenters. The van der Waals surface area contributed by atoms with Crippen LogP contribution in [0.2, 0.25) is 5.02 Å². The summed E-state index contributed by atoms with van der Waals surface area (Å²) in [5, 5.41) is 14.7. The zero-order valence-electron chi connectivity index (χ0n) is 12.8. The van der Waals surface area contributed by atoms with Crippen LogP contribution in [0.1, 0.15) is 11.4 Å². The van der Waals surface area contributed by atoms with Crippen molar-refractivity contribution in [3.05, 3.63) is 71.0 Å². The molecule has 0 bridgehead atoms. The third kappa shape index (κ3) is 3.09. The van der Waals surface area contributed by atoms with Gasteiger partial charge in [0, 0.05) is 9.92 Å². The number of fused-ring (bicyclic) bond motifs is 1. The van der Waals surface area contributed by atoms with Crippen LogP contribution in [-0.4, -0.2) is 25.2 Å². The topological polar surface area (TPSA) is 43.1 Å². The van der Waals surface area contributed by atoms with E-state index in [-0.39, 0.29) is 4.58 Å². The highest BCUT2D eigenvalue weighted by atomic mass is 35.5. The lowest BCUT2D eigenvalue weighted by Crippen LogP contribution is -2.22. The SMILES string of the molecule is Cc1nnc2n1N=C(c1ccccc1)C(Sc1ccc(Cl)cc1)S2. The van der Waals surface area contributed by atoms with Crippen LogP contribution in [-0.2, 0) is 0 Å². The van der Waals surface area contributed by atoms with Crippen molar-refractivity contribution in [1.29, 1.82) is 0 Å². The van der Waals surface area contributed by atoms with Gasteiger partial charge in [-0.15, -0.1) is 22.0 Å². The Bertz CT molecular complexity index is 891. The molecule has 0 saturated heterocycles. The molecule has 1 aliphatic rings. The molecule has 24 heavy (non-hydrogen) atoms. The molecule has 0 spiro atoms. The van der Waals surface area contributed by atoms with Crippen molar-refractivity contribution in [2.45, 2.75) is 21.6 Å². The first-order valence-electron chi connectivity index (χ1n) is 7.36. The van der Waals surface area contributed by atoms with Gasteiger partial charge in [-0.05, 0) is 36.8 Å². The number of thioether (sulfide) groups is 2. The largest absolute Gasteiger partial charge is 0.213 e. The Labute approximate surface area is 153 Å². The van der Waals surface area contributed by atoms with Crippen molar-refractivity contribution in [3.63, 3.8) is 0 Å². The molecule has 0 amide bonds. The maximum atomic E-state index is 5.99. The first-order chi connectivity index (χ1) is 11.7. The van der Waals surface area contributed by atoms with Crippen LogP contribution in [0.15, 0.2) is 69.8 Å². The molecule has 1 aromatic heterocycles. The lowest BCUT2D eigenvalue weighted by molar-refractivity contribution is 0.733. The van der Waals surface area contributed by atoms with Gasteiger partial charge < -0.3 is 0 Å². The minimum Gasteiger partial charge on any atom is -0.191 e. The third-order valence-electron chi connectivity index (χ3n) is 3.54. The van der Waals surface area contributed by atoms with Gasteiger partial charge in [0.15, 0.2) is 5.82 Å². The highest BCUT2D eigenvalue weighted by Crippen LogP contribution is 2.40. The first-order valence-corrected chi connectivity index (χ1v) is 9.49. The van der Waals surface area contributed by atoms with Gasteiger partial charge in [-0.1, -0.05) is 53.7 Å². The molecular weight excluding hydrogens is 360 g/mol. The normalized spacial score (nSPS) is 16.6. The van der Waals surface area contributed by atoms with E-state index in [0.29, 0.717) is 0 Å². The predicted octanol–water partition coefficient (Wildman–Crippen LogP) is 4.72. The second kappa shape index (κ2) is 6.63. The number of hydrogen-bond donors (Lipinski definition) is 0. The highest BCUT2D eigenvalue weighted by Gasteiger charge is 2.28. The summed E-state index contributed by atoms with van der Waals surface area (Å²) in [6.07, 6.45) is 0. The van der Waals surface area contributed by atoms with Gasteiger partial charge in [0.05, 0.1) is 5.71 Å². The first kappa shape index (κ1) is 15.7. The summed E-state index contributed by atoms with van der Waals surface area (Å²) in [5.74, 6) is 0.792. The van der Waals surface area contributed by atoms with Gasteiger partial charge >= 0.3 is 0 Å². The zero-order chi connectivity index (χ0) is 16.5. The summed E-state index contributed by atoms with van der Waals surface area (Å²) in [6.45, 7) is 1.91. The van der Waals surface area contributed by atoms with Crippen molar-refractivity contribution < 1.29 is 0 Å². The Morgan fingerprint density at radius 3 is 2.54 bits per heavy atom. The van der Waals surface area contributed by atoms with Gasteiger partial charge in [0.1, 0.15) is 4.58 Å². The van der Waals surface area contributed by atoms with E-state index in [1.165, 1.54) is 0 Å². The van der Waals surface area contributed by atoms with Gasteiger partial charge in [-0.2, -0.15) is 9.78 Å². The molecule has 2 aromatic carbocycles. The molecule has 0 radical (unpaired) electrons. The molecule has 7 heteroatoms. The van der Waals surface area contributed by atoms with E-state index in [1.54, 1.807) is 23.5 Å². The lowest BCUT2D eigenvalue weighted by atomic mass is 10.1. The average Bonchev–Trinajstić information content (AvgIpc) is 2.97. The average molecular weight is 373 g/mol. The summed E-state index contributed by atoms with van der Waals surface area (Å²) in [4.78, 5) is 1.14. The van der Waals surface area contributed by atoms with E-state index < -0.39 is 0 Å². The fraction of sp³-hybridized carbons (Fsp3) is 0.118. The van der Waals surface area contributed by atoms with Gasteiger partial charge in [-0.25, -0.2) is 0 Å². The number of hydrogen-bond acceptors (Lipinski definition) is 5. The van der Waals surface area contributed by atoms with E-state index in [4.69, 9.17) is 16.7 Å². The number of aromatic nitrogens is 3. The van der Waals surface area contributed by atoms with Crippen LogP contribution in [0.3, 0.4) is 0 Å². The number of rotatable bonds is 3. The van der Waals surface area contributed by atoms with E-state index in [1.807, 2.05) is 54.1 Å². The standard InChI is InChI=1S/C17H13ClN4S2/c1-11-19-20-17-22(11)21-15(12-5-3-2-4-6-12)16(24-17)23-14-9-7-13(18)8-10-14/h2-10,16H,1H3. The van der Waals surface area contributed by atoms with E-state index in [2.05, 4.69) is 22.3 Å².